The number of rotatable bonds is 1. The molecule has 0 atom stereocenters. The van der Waals surface area contributed by atoms with Crippen molar-refractivity contribution in [1.82, 2.24) is 4.98 Å². The van der Waals surface area contributed by atoms with E-state index in [1.165, 1.54) is 6.92 Å². The molecule has 1 aromatic rings. The molecule has 0 unspecified atom stereocenters. The number of alkyl halides is 3. The summed E-state index contributed by atoms with van der Waals surface area (Å²) >= 11 is 0. The first kappa shape index (κ1) is 11.3. The average Bonchev–Trinajstić information content (AvgIpc) is 1.99. The van der Waals surface area contributed by atoms with Crippen molar-refractivity contribution in [3.8, 4) is 0 Å². The zero-order chi connectivity index (χ0) is 11.8. The zero-order valence-corrected chi connectivity index (χ0v) is 7.61. The number of hydrogen-bond acceptors (Lipinski definition) is 2. The predicted octanol–water partition coefficient (Wildman–Crippen LogP) is 0.801. The summed E-state index contributed by atoms with van der Waals surface area (Å²) in [6.07, 6.45) is -4.65. The Morgan fingerprint density at radius 1 is 1.47 bits per heavy atom. The summed E-state index contributed by atoms with van der Waals surface area (Å²) in [6.45, 7) is 1.21. The lowest BCUT2D eigenvalue weighted by molar-refractivity contribution is -0.141. The minimum atomic E-state index is -4.65. The first-order valence-corrected chi connectivity index (χ1v) is 3.84. The maximum absolute atomic E-state index is 12.2. The molecule has 82 valence electrons. The monoisotopic (exact) mass is 220 g/mol. The summed E-state index contributed by atoms with van der Waals surface area (Å²) in [5.74, 6) is -1.05. The number of hydrogen-bond donors (Lipinski definition) is 2. The fraction of sp³-hybridized carbons (Fsp3) is 0.250. The molecule has 3 N–H and O–H groups in total. The van der Waals surface area contributed by atoms with Crippen LogP contribution in [0.1, 0.15) is 21.6 Å². The van der Waals surface area contributed by atoms with Gasteiger partial charge in [0.25, 0.3) is 11.5 Å². The van der Waals surface area contributed by atoms with Gasteiger partial charge in [0.15, 0.2) is 0 Å². The standard InChI is InChI=1S/C8H7F3N2O2/c1-3-2-4(8(9,10)11)13-7(15)5(3)6(12)14/h2H,1H3,(H2,12,14)(H,13,15). The lowest BCUT2D eigenvalue weighted by Crippen LogP contribution is -2.27. The fourth-order valence-electron chi connectivity index (χ4n) is 1.15. The lowest BCUT2D eigenvalue weighted by atomic mass is 10.1. The van der Waals surface area contributed by atoms with E-state index in [0.717, 1.165) is 0 Å². The number of primary amides is 1. The van der Waals surface area contributed by atoms with Crippen LogP contribution in [-0.4, -0.2) is 10.9 Å². The van der Waals surface area contributed by atoms with Crippen LogP contribution in [0.4, 0.5) is 13.2 Å². The molecule has 0 aromatic carbocycles. The van der Waals surface area contributed by atoms with Crippen molar-refractivity contribution in [3.63, 3.8) is 0 Å². The second-order valence-electron chi connectivity index (χ2n) is 2.93. The van der Waals surface area contributed by atoms with Crippen LogP contribution in [0.3, 0.4) is 0 Å². The Morgan fingerprint density at radius 3 is 2.33 bits per heavy atom. The second-order valence-corrected chi connectivity index (χ2v) is 2.93. The molecule has 7 heteroatoms. The predicted molar refractivity (Wildman–Crippen MR) is 45.3 cm³/mol. The van der Waals surface area contributed by atoms with Crippen LogP contribution in [0.5, 0.6) is 0 Å². The second kappa shape index (κ2) is 3.41. The first-order valence-electron chi connectivity index (χ1n) is 3.84. The van der Waals surface area contributed by atoms with Crippen molar-refractivity contribution < 1.29 is 18.0 Å². The van der Waals surface area contributed by atoms with Gasteiger partial charge in [0, 0.05) is 0 Å². The number of amides is 1. The van der Waals surface area contributed by atoms with Crippen molar-refractivity contribution in [1.29, 1.82) is 0 Å². The van der Waals surface area contributed by atoms with Crippen LogP contribution < -0.4 is 11.3 Å². The van der Waals surface area contributed by atoms with Crippen LogP contribution in [0, 0.1) is 6.92 Å². The molecule has 1 amide bonds. The van der Waals surface area contributed by atoms with Crippen molar-refractivity contribution in [2.75, 3.05) is 0 Å². The van der Waals surface area contributed by atoms with Gasteiger partial charge in [-0.3, -0.25) is 9.59 Å². The van der Waals surface area contributed by atoms with Crippen molar-refractivity contribution in [2.24, 2.45) is 5.73 Å². The summed E-state index contributed by atoms with van der Waals surface area (Å²) in [5, 5.41) is 0. The highest BCUT2D eigenvalue weighted by atomic mass is 19.4. The molecule has 0 saturated carbocycles. The number of pyridine rings is 1. The molecule has 0 saturated heterocycles. The van der Waals surface area contributed by atoms with Crippen LogP contribution >= 0.6 is 0 Å². The molecule has 4 nitrogen and oxygen atoms in total. The summed E-state index contributed by atoms with van der Waals surface area (Å²) in [7, 11) is 0. The molecule has 1 heterocycles. The van der Waals surface area contributed by atoms with E-state index in [-0.39, 0.29) is 5.56 Å². The highest BCUT2D eigenvalue weighted by Crippen LogP contribution is 2.27. The third kappa shape index (κ3) is 2.17. The smallest absolute Gasteiger partial charge is 0.365 e. The van der Waals surface area contributed by atoms with Gasteiger partial charge < -0.3 is 10.7 Å². The third-order valence-corrected chi connectivity index (χ3v) is 1.78. The summed E-state index contributed by atoms with van der Waals surface area (Å²) in [6, 6.07) is 0.668. The minimum absolute atomic E-state index is 0.0985. The van der Waals surface area contributed by atoms with Crippen LogP contribution in [0.25, 0.3) is 0 Å². The van der Waals surface area contributed by atoms with Gasteiger partial charge in [-0.2, -0.15) is 13.2 Å². The molecular formula is C8H7F3N2O2. The molecule has 0 spiro atoms. The number of nitrogens with two attached hydrogens (primary N) is 1. The van der Waals surface area contributed by atoms with Crippen molar-refractivity contribution in [2.45, 2.75) is 13.1 Å². The summed E-state index contributed by atoms with van der Waals surface area (Å²) in [5.41, 5.74) is 1.95. The quantitative estimate of drug-likeness (QED) is 0.734. The maximum Gasteiger partial charge on any atom is 0.431 e. The fourth-order valence-corrected chi connectivity index (χ4v) is 1.15. The van der Waals surface area contributed by atoms with Gasteiger partial charge in [0.2, 0.25) is 0 Å². The van der Waals surface area contributed by atoms with E-state index in [1.807, 2.05) is 0 Å². The highest BCUT2D eigenvalue weighted by Gasteiger charge is 2.33. The number of aryl methyl sites for hydroxylation is 1. The molecule has 0 aliphatic carbocycles. The largest absolute Gasteiger partial charge is 0.431 e. The third-order valence-electron chi connectivity index (χ3n) is 1.78. The molecule has 0 aliphatic rings. The van der Waals surface area contributed by atoms with Gasteiger partial charge in [-0.25, -0.2) is 0 Å². The zero-order valence-electron chi connectivity index (χ0n) is 7.61. The summed E-state index contributed by atoms with van der Waals surface area (Å²) < 4.78 is 36.6. The van der Waals surface area contributed by atoms with E-state index in [4.69, 9.17) is 5.73 Å². The average molecular weight is 220 g/mol. The number of carbonyl (C=O) groups excluding carboxylic acids is 1. The Labute approximate surface area is 81.9 Å². The molecular weight excluding hydrogens is 213 g/mol. The highest BCUT2D eigenvalue weighted by molar-refractivity contribution is 5.93. The number of halogens is 3. The van der Waals surface area contributed by atoms with Crippen molar-refractivity contribution in [3.05, 3.63) is 33.2 Å². The van der Waals surface area contributed by atoms with Gasteiger partial charge in [-0.1, -0.05) is 0 Å². The van der Waals surface area contributed by atoms with E-state index in [0.29, 0.717) is 6.07 Å². The van der Waals surface area contributed by atoms with E-state index >= 15 is 0 Å². The van der Waals surface area contributed by atoms with E-state index in [1.54, 1.807) is 4.98 Å². The van der Waals surface area contributed by atoms with E-state index in [9.17, 15) is 22.8 Å². The number of aromatic amines is 1. The Morgan fingerprint density at radius 2 is 2.00 bits per heavy atom. The van der Waals surface area contributed by atoms with Gasteiger partial charge >= 0.3 is 6.18 Å². The molecule has 0 aliphatic heterocycles. The SMILES string of the molecule is Cc1cc(C(F)(F)F)[nH]c(=O)c1C(N)=O. The molecule has 15 heavy (non-hydrogen) atoms. The number of H-pyrrole nitrogens is 1. The molecule has 1 aromatic heterocycles. The van der Waals surface area contributed by atoms with Crippen LogP contribution in [-0.2, 0) is 6.18 Å². The minimum Gasteiger partial charge on any atom is -0.365 e. The van der Waals surface area contributed by atoms with Crippen LogP contribution in [0.15, 0.2) is 10.9 Å². The topological polar surface area (TPSA) is 75.9 Å². The van der Waals surface area contributed by atoms with Crippen molar-refractivity contribution >= 4 is 5.91 Å². The van der Waals surface area contributed by atoms with E-state index in [2.05, 4.69) is 0 Å². The molecule has 0 fully saturated rings. The Hall–Kier alpha value is -1.79. The number of aromatic nitrogens is 1. The van der Waals surface area contributed by atoms with Gasteiger partial charge in [0.05, 0.1) is 0 Å². The number of carbonyl (C=O) groups is 1. The Kier molecular flexibility index (Phi) is 2.57. The van der Waals surface area contributed by atoms with Gasteiger partial charge in [-0.05, 0) is 18.6 Å². The Bertz CT molecular complexity index is 462. The number of nitrogens with one attached hydrogen (secondary N) is 1. The lowest BCUT2D eigenvalue weighted by Gasteiger charge is -2.08. The van der Waals surface area contributed by atoms with Gasteiger partial charge in [-0.15, -0.1) is 0 Å². The first-order chi connectivity index (χ1) is 6.73. The summed E-state index contributed by atoms with van der Waals surface area (Å²) in [4.78, 5) is 23.4. The Balaban J connectivity index is 3.46. The molecule has 0 radical (unpaired) electrons. The van der Waals surface area contributed by atoms with Crippen LogP contribution in [0.2, 0.25) is 0 Å². The normalized spacial score (nSPS) is 11.5. The van der Waals surface area contributed by atoms with Gasteiger partial charge in [0.1, 0.15) is 11.3 Å². The molecule has 0 bridgehead atoms. The maximum atomic E-state index is 12.2. The van der Waals surface area contributed by atoms with E-state index < -0.39 is 28.9 Å². The molecule has 1 rings (SSSR count).